The molecular weight excluding hydrogens is 366 g/mol. The molecule has 1 saturated carbocycles. The van der Waals surface area contributed by atoms with Gasteiger partial charge >= 0.3 is 0 Å². The maximum Gasteiger partial charge on any atom is 0.272 e. The van der Waals surface area contributed by atoms with E-state index < -0.39 is 0 Å². The quantitative estimate of drug-likeness (QED) is 0.851. The predicted octanol–water partition coefficient (Wildman–Crippen LogP) is 3.06. The van der Waals surface area contributed by atoms with Gasteiger partial charge < -0.3 is 15.2 Å². The molecule has 2 heterocycles. The number of aromatic amines is 1. The molecule has 0 bridgehead atoms. The summed E-state index contributed by atoms with van der Waals surface area (Å²) in [6, 6.07) is 6.30. The van der Waals surface area contributed by atoms with Gasteiger partial charge in [0.05, 0.1) is 12.2 Å². The number of hydrogen-bond acceptors (Lipinski definition) is 3. The second-order valence-corrected chi connectivity index (χ2v) is 6.23. The van der Waals surface area contributed by atoms with Crippen LogP contribution in [0, 0.1) is 5.82 Å². The SMILES string of the molecule is Cl.Cl.O=C(c1cnc(C2CC2)[nH]1)N1CCNCC1c1cccc(F)c1. The Bertz CT molecular complexity index is 735. The molecule has 1 aliphatic heterocycles. The minimum Gasteiger partial charge on any atom is -0.338 e. The van der Waals surface area contributed by atoms with E-state index in [4.69, 9.17) is 0 Å². The van der Waals surface area contributed by atoms with Gasteiger partial charge in [-0.15, -0.1) is 24.8 Å². The number of halogens is 3. The third-order valence-corrected chi connectivity index (χ3v) is 4.53. The van der Waals surface area contributed by atoms with Crippen LogP contribution >= 0.6 is 24.8 Å². The summed E-state index contributed by atoms with van der Waals surface area (Å²) in [4.78, 5) is 22.1. The number of nitrogens with zero attached hydrogens (tertiary/aromatic N) is 2. The fourth-order valence-electron chi connectivity index (χ4n) is 3.12. The molecule has 8 heteroatoms. The maximum absolute atomic E-state index is 13.5. The molecule has 1 saturated heterocycles. The van der Waals surface area contributed by atoms with Gasteiger partial charge in [-0.05, 0) is 30.5 Å². The maximum atomic E-state index is 13.5. The molecule has 2 aliphatic rings. The molecule has 1 aromatic carbocycles. The van der Waals surface area contributed by atoms with E-state index in [0.29, 0.717) is 24.7 Å². The van der Waals surface area contributed by atoms with Crippen LogP contribution in [0.3, 0.4) is 0 Å². The van der Waals surface area contributed by atoms with Crippen molar-refractivity contribution in [2.24, 2.45) is 0 Å². The third kappa shape index (κ3) is 4.14. The van der Waals surface area contributed by atoms with Crippen LogP contribution in [0.5, 0.6) is 0 Å². The van der Waals surface area contributed by atoms with E-state index in [2.05, 4.69) is 15.3 Å². The summed E-state index contributed by atoms with van der Waals surface area (Å²) in [6.45, 7) is 1.96. The van der Waals surface area contributed by atoms with Crippen molar-refractivity contribution in [2.75, 3.05) is 19.6 Å². The van der Waals surface area contributed by atoms with Crippen molar-refractivity contribution in [1.82, 2.24) is 20.2 Å². The number of amides is 1. The normalized spacial score (nSPS) is 19.7. The van der Waals surface area contributed by atoms with Crippen molar-refractivity contribution < 1.29 is 9.18 Å². The van der Waals surface area contributed by atoms with Crippen LogP contribution in [0.2, 0.25) is 0 Å². The molecule has 25 heavy (non-hydrogen) atoms. The number of aromatic nitrogens is 2. The van der Waals surface area contributed by atoms with E-state index in [1.54, 1.807) is 17.2 Å². The summed E-state index contributed by atoms with van der Waals surface area (Å²) in [5.41, 5.74) is 1.34. The topological polar surface area (TPSA) is 61.0 Å². The largest absolute Gasteiger partial charge is 0.338 e. The summed E-state index contributed by atoms with van der Waals surface area (Å²) in [6.07, 6.45) is 3.90. The Morgan fingerprint density at radius 1 is 1.28 bits per heavy atom. The molecule has 2 aromatic rings. The van der Waals surface area contributed by atoms with Crippen molar-refractivity contribution in [3.8, 4) is 0 Å². The number of hydrogen-bond donors (Lipinski definition) is 2. The second-order valence-electron chi connectivity index (χ2n) is 6.23. The van der Waals surface area contributed by atoms with Gasteiger partial charge in [-0.3, -0.25) is 4.79 Å². The van der Waals surface area contributed by atoms with Gasteiger partial charge in [0.1, 0.15) is 17.3 Å². The Labute approximate surface area is 158 Å². The first-order chi connectivity index (χ1) is 11.2. The molecule has 2 N–H and O–H groups in total. The van der Waals surface area contributed by atoms with Crippen molar-refractivity contribution in [3.63, 3.8) is 0 Å². The fourth-order valence-corrected chi connectivity index (χ4v) is 3.12. The Kier molecular flexibility index (Phi) is 6.43. The molecule has 1 aromatic heterocycles. The number of rotatable bonds is 3. The van der Waals surface area contributed by atoms with Crippen LogP contribution in [-0.4, -0.2) is 40.4 Å². The molecule has 1 unspecified atom stereocenters. The molecule has 0 radical (unpaired) electrons. The zero-order valence-electron chi connectivity index (χ0n) is 13.6. The molecule has 5 nitrogen and oxygen atoms in total. The molecule has 1 aliphatic carbocycles. The van der Waals surface area contributed by atoms with Crippen LogP contribution in [0.4, 0.5) is 4.39 Å². The van der Waals surface area contributed by atoms with E-state index in [9.17, 15) is 9.18 Å². The van der Waals surface area contributed by atoms with Crippen molar-refractivity contribution in [2.45, 2.75) is 24.8 Å². The van der Waals surface area contributed by atoms with Crippen LogP contribution in [0.15, 0.2) is 30.5 Å². The zero-order valence-corrected chi connectivity index (χ0v) is 15.2. The van der Waals surface area contributed by atoms with Crippen molar-refractivity contribution >= 4 is 30.7 Å². The van der Waals surface area contributed by atoms with Crippen LogP contribution in [0.25, 0.3) is 0 Å². The Balaban J connectivity index is 0.00000113. The first kappa shape index (κ1) is 19.7. The highest BCUT2D eigenvalue weighted by Crippen LogP contribution is 2.38. The molecule has 136 valence electrons. The minimum atomic E-state index is -0.280. The summed E-state index contributed by atoms with van der Waals surface area (Å²) in [5.74, 6) is 1.04. The number of carbonyl (C=O) groups is 1. The van der Waals surface area contributed by atoms with Gasteiger partial charge in [0, 0.05) is 25.6 Å². The highest BCUT2D eigenvalue weighted by Gasteiger charge is 2.31. The third-order valence-electron chi connectivity index (χ3n) is 4.53. The molecule has 1 amide bonds. The minimum absolute atomic E-state index is 0. The van der Waals surface area contributed by atoms with E-state index >= 15 is 0 Å². The van der Waals surface area contributed by atoms with Gasteiger partial charge in [0.2, 0.25) is 0 Å². The van der Waals surface area contributed by atoms with Gasteiger partial charge in [0.25, 0.3) is 5.91 Å². The summed E-state index contributed by atoms with van der Waals surface area (Å²) >= 11 is 0. The first-order valence-corrected chi connectivity index (χ1v) is 8.04. The molecular formula is C17H21Cl2FN4O. The Morgan fingerprint density at radius 2 is 2.08 bits per heavy atom. The van der Waals surface area contributed by atoms with E-state index in [1.807, 2.05) is 6.07 Å². The zero-order chi connectivity index (χ0) is 15.8. The van der Waals surface area contributed by atoms with Gasteiger partial charge in [-0.25, -0.2) is 9.37 Å². The predicted molar refractivity (Wildman–Crippen MR) is 98.1 cm³/mol. The van der Waals surface area contributed by atoms with Gasteiger partial charge in [0.15, 0.2) is 0 Å². The number of H-pyrrole nitrogens is 1. The van der Waals surface area contributed by atoms with Crippen molar-refractivity contribution in [3.05, 3.63) is 53.4 Å². The van der Waals surface area contributed by atoms with Crippen LogP contribution in [-0.2, 0) is 0 Å². The lowest BCUT2D eigenvalue weighted by atomic mass is 10.0. The van der Waals surface area contributed by atoms with E-state index in [-0.39, 0.29) is 42.6 Å². The molecule has 1 atom stereocenters. The average Bonchev–Trinajstić information content (AvgIpc) is 3.31. The summed E-state index contributed by atoms with van der Waals surface area (Å²) in [7, 11) is 0. The van der Waals surface area contributed by atoms with Crippen LogP contribution < -0.4 is 5.32 Å². The average molecular weight is 387 g/mol. The van der Waals surface area contributed by atoms with Gasteiger partial charge in [-0.2, -0.15) is 0 Å². The van der Waals surface area contributed by atoms with Crippen LogP contribution in [0.1, 0.15) is 46.7 Å². The number of piperazine rings is 1. The number of carbonyl (C=O) groups excluding carboxylic acids is 1. The standard InChI is InChI=1S/C17H19FN4O.2ClH/c18-13-3-1-2-12(8-13)15-10-19-6-7-22(15)17(23)14-9-20-16(21-14)11-4-5-11;;/h1-3,8-9,11,15,19H,4-7,10H2,(H,20,21);2*1H. The lowest BCUT2D eigenvalue weighted by Gasteiger charge is -2.36. The summed E-state index contributed by atoms with van der Waals surface area (Å²) in [5, 5.41) is 3.28. The van der Waals surface area contributed by atoms with Crippen molar-refractivity contribution in [1.29, 1.82) is 0 Å². The van der Waals surface area contributed by atoms with Gasteiger partial charge in [-0.1, -0.05) is 12.1 Å². The monoisotopic (exact) mass is 386 g/mol. The second kappa shape index (κ2) is 8.17. The molecule has 2 fully saturated rings. The Morgan fingerprint density at radius 3 is 2.80 bits per heavy atom. The highest BCUT2D eigenvalue weighted by molar-refractivity contribution is 5.92. The lowest BCUT2D eigenvalue weighted by Crippen LogP contribution is -2.48. The molecule has 0 spiro atoms. The Hall–Kier alpha value is -1.63. The number of imidazole rings is 1. The molecule has 4 rings (SSSR count). The fraction of sp³-hybridized carbons (Fsp3) is 0.412. The smallest absolute Gasteiger partial charge is 0.272 e. The number of nitrogens with one attached hydrogen (secondary N) is 2. The number of benzene rings is 1. The lowest BCUT2D eigenvalue weighted by molar-refractivity contribution is 0.0628. The van der Waals surface area contributed by atoms with E-state index in [0.717, 1.165) is 30.8 Å². The summed E-state index contributed by atoms with van der Waals surface area (Å²) < 4.78 is 13.5. The highest BCUT2D eigenvalue weighted by atomic mass is 35.5. The first-order valence-electron chi connectivity index (χ1n) is 8.04. The van der Waals surface area contributed by atoms with E-state index in [1.165, 1.54) is 12.1 Å².